The highest BCUT2D eigenvalue weighted by molar-refractivity contribution is 6.17. The summed E-state index contributed by atoms with van der Waals surface area (Å²) in [5.74, 6) is 0.752. The fourth-order valence-corrected chi connectivity index (χ4v) is 3.16. The lowest BCUT2D eigenvalue weighted by atomic mass is 9.99. The maximum atomic E-state index is 4.89. The Hall–Kier alpha value is -3.27. The molecule has 27 heavy (non-hydrogen) atoms. The first-order valence-electron chi connectivity index (χ1n) is 9.34. The summed E-state index contributed by atoms with van der Waals surface area (Å²) in [5.41, 5.74) is 10.5. The van der Waals surface area contributed by atoms with Crippen LogP contribution in [0, 0.1) is 0 Å². The van der Waals surface area contributed by atoms with Crippen LogP contribution >= 0.6 is 0 Å². The minimum atomic E-state index is 0.752. The van der Waals surface area contributed by atoms with E-state index in [2.05, 4.69) is 66.7 Å². The van der Waals surface area contributed by atoms with Crippen LogP contribution in [0.15, 0.2) is 77.1 Å². The molecule has 0 radical (unpaired) electrons. The van der Waals surface area contributed by atoms with Gasteiger partial charge in [-0.25, -0.2) is 4.99 Å². The molecule has 1 aliphatic rings. The Morgan fingerprint density at radius 1 is 0.852 bits per heavy atom. The van der Waals surface area contributed by atoms with Crippen molar-refractivity contribution in [2.45, 2.75) is 26.7 Å². The highest BCUT2D eigenvalue weighted by Crippen LogP contribution is 2.27. The number of hydrazone groups is 1. The van der Waals surface area contributed by atoms with Crippen molar-refractivity contribution in [3.8, 4) is 0 Å². The molecular formula is C23H22N4. The molecule has 1 aromatic heterocycles. The highest BCUT2D eigenvalue weighted by atomic mass is 15.3. The van der Waals surface area contributed by atoms with E-state index in [9.17, 15) is 0 Å². The number of fused-ring (bicyclic) bond motifs is 1. The number of nitrogens with one attached hydrogen (secondary N) is 1. The minimum Gasteiger partial charge on any atom is -0.264 e. The molecule has 4 rings (SSSR count). The molecule has 4 heteroatoms. The lowest BCUT2D eigenvalue weighted by Crippen LogP contribution is -2.19. The second-order valence-corrected chi connectivity index (χ2v) is 6.53. The first-order valence-corrected chi connectivity index (χ1v) is 9.34. The van der Waals surface area contributed by atoms with E-state index in [1.54, 1.807) is 6.20 Å². The van der Waals surface area contributed by atoms with Gasteiger partial charge in [0.2, 0.25) is 0 Å². The number of pyridine rings is 1. The number of aromatic nitrogens is 1. The van der Waals surface area contributed by atoms with Crippen LogP contribution in [0.3, 0.4) is 0 Å². The van der Waals surface area contributed by atoms with Crippen LogP contribution in [-0.2, 0) is 12.8 Å². The van der Waals surface area contributed by atoms with Crippen molar-refractivity contribution in [2.75, 3.05) is 0 Å². The van der Waals surface area contributed by atoms with Gasteiger partial charge in [0.25, 0.3) is 0 Å². The molecule has 2 heterocycles. The number of amidine groups is 1. The van der Waals surface area contributed by atoms with E-state index in [1.165, 1.54) is 11.1 Å². The molecule has 3 aromatic rings. The van der Waals surface area contributed by atoms with Gasteiger partial charge in [0.15, 0.2) is 5.84 Å². The van der Waals surface area contributed by atoms with E-state index >= 15 is 0 Å². The van der Waals surface area contributed by atoms with Gasteiger partial charge in [0, 0.05) is 29.1 Å². The summed E-state index contributed by atoms with van der Waals surface area (Å²) in [7, 11) is 0. The topological polar surface area (TPSA) is 49.6 Å². The number of hydrogen-bond donors (Lipinski definition) is 1. The molecule has 1 aliphatic heterocycles. The summed E-state index contributed by atoms with van der Waals surface area (Å²) in [6, 6.07) is 18.8. The van der Waals surface area contributed by atoms with Gasteiger partial charge in [-0.1, -0.05) is 44.2 Å². The fourth-order valence-electron chi connectivity index (χ4n) is 3.16. The van der Waals surface area contributed by atoms with Gasteiger partial charge < -0.3 is 0 Å². The van der Waals surface area contributed by atoms with Gasteiger partial charge in [0.05, 0.1) is 5.69 Å². The van der Waals surface area contributed by atoms with Gasteiger partial charge in [-0.2, -0.15) is 5.10 Å². The predicted molar refractivity (Wildman–Crippen MR) is 111 cm³/mol. The first-order chi connectivity index (χ1) is 13.3. The molecule has 0 aliphatic carbocycles. The molecule has 0 bridgehead atoms. The number of hydrogen-bond acceptors (Lipinski definition) is 4. The SMILES string of the molecule is CCc1ccc(C2=Nc3ccc(CC)cc3C(c3cccnc3)=NN2)cc1. The van der Waals surface area contributed by atoms with Crippen LogP contribution in [-0.4, -0.2) is 16.5 Å². The summed E-state index contributed by atoms with van der Waals surface area (Å²) >= 11 is 0. The average molecular weight is 354 g/mol. The van der Waals surface area contributed by atoms with Gasteiger partial charge in [-0.05, 0) is 48.2 Å². The molecule has 0 spiro atoms. The van der Waals surface area contributed by atoms with Gasteiger partial charge in [0.1, 0.15) is 5.71 Å². The zero-order valence-corrected chi connectivity index (χ0v) is 15.6. The van der Waals surface area contributed by atoms with Crippen molar-refractivity contribution in [3.63, 3.8) is 0 Å². The van der Waals surface area contributed by atoms with Crippen molar-refractivity contribution in [2.24, 2.45) is 10.1 Å². The average Bonchev–Trinajstić information content (AvgIpc) is 2.93. The van der Waals surface area contributed by atoms with Crippen LogP contribution in [0.2, 0.25) is 0 Å². The fraction of sp³-hybridized carbons (Fsp3) is 0.174. The summed E-state index contributed by atoms with van der Waals surface area (Å²) in [5, 5.41) is 4.71. The summed E-state index contributed by atoms with van der Waals surface area (Å²) < 4.78 is 0. The molecule has 4 nitrogen and oxygen atoms in total. The van der Waals surface area contributed by atoms with Crippen LogP contribution < -0.4 is 5.43 Å². The summed E-state index contributed by atoms with van der Waals surface area (Å²) in [6.45, 7) is 4.31. The Balaban J connectivity index is 1.83. The molecule has 0 amide bonds. The molecule has 0 unspecified atom stereocenters. The van der Waals surface area contributed by atoms with Crippen LogP contribution in [0.5, 0.6) is 0 Å². The number of benzene rings is 2. The molecule has 0 saturated carbocycles. The minimum absolute atomic E-state index is 0.752. The molecule has 134 valence electrons. The zero-order valence-electron chi connectivity index (χ0n) is 15.6. The largest absolute Gasteiger partial charge is 0.264 e. The van der Waals surface area contributed by atoms with Crippen LogP contribution in [0.1, 0.15) is 41.7 Å². The van der Waals surface area contributed by atoms with E-state index in [-0.39, 0.29) is 0 Å². The number of nitrogens with zero attached hydrogens (tertiary/aromatic N) is 3. The van der Waals surface area contributed by atoms with Crippen molar-refractivity contribution < 1.29 is 0 Å². The number of aryl methyl sites for hydroxylation is 2. The van der Waals surface area contributed by atoms with Crippen LogP contribution in [0.4, 0.5) is 5.69 Å². The third kappa shape index (κ3) is 3.51. The quantitative estimate of drug-likeness (QED) is 0.742. The molecule has 1 N–H and O–H groups in total. The van der Waals surface area contributed by atoms with E-state index in [1.807, 2.05) is 18.3 Å². The van der Waals surface area contributed by atoms with Crippen molar-refractivity contribution in [1.29, 1.82) is 0 Å². The van der Waals surface area contributed by atoms with Crippen molar-refractivity contribution in [3.05, 3.63) is 94.8 Å². The lowest BCUT2D eigenvalue weighted by molar-refractivity contribution is 1.03. The molecule has 0 atom stereocenters. The van der Waals surface area contributed by atoms with E-state index < -0.39 is 0 Å². The van der Waals surface area contributed by atoms with Crippen molar-refractivity contribution >= 4 is 17.2 Å². The number of aliphatic imine (C=N–C) groups is 1. The van der Waals surface area contributed by atoms with Crippen molar-refractivity contribution in [1.82, 2.24) is 10.4 Å². The zero-order chi connectivity index (χ0) is 18.6. The van der Waals surface area contributed by atoms with Crippen LogP contribution in [0.25, 0.3) is 0 Å². The second kappa shape index (κ2) is 7.54. The molecule has 0 fully saturated rings. The Morgan fingerprint density at radius 3 is 2.33 bits per heavy atom. The summed E-state index contributed by atoms with van der Waals surface area (Å²) in [6.07, 6.45) is 5.60. The Morgan fingerprint density at radius 2 is 1.63 bits per heavy atom. The van der Waals surface area contributed by atoms with E-state index in [4.69, 9.17) is 10.1 Å². The Labute approximate surface area is 159 Å². The predicted octanol–water partition coefficient (Wildman–Crippen LogP) is 4.64. The van der Waals surface area contributed by atoms with Gasteiger partial charge in [-0.3, -0.25) is 10.4 Å². The van der Waals surface area contributed by atoms with Gasteiger partial charge >= 0.3 is 0 Å². The van der Waals surface area contributed by atoms with E-state index in [0.717, 1.165) is 46.8 Å². The highest BCUT2D eigenvalue weighted by Gasteiger charge is 2.17. The summed E-state index contributed by atoms with van der Waals surface area (Å²) in [4.78, 5) is 9.14. The van der Waals surface area contributed by atoms with Gasteiger partial charge in [-0.15, -0.1) is 0 Å². The molecule has 2 aromatic carbocycles. The third-order valence-electron chi connectivity index (χ3n) is 4.80. The molecule has 0 saturated heterocycles. The molecular weight excluding hydrogens is 332 g/mol. The lowest BCUT2D eigenvalue weighted by Gasteiger charge is -2.09. The maximum absolute atomic E-state index is 4.89. The Kier molecular flexibility index (Phi) is 4.79. The number of rotatable bonds is 4. The second-order valence-electron chi connectivity index (χ2n) is 6.53. The maximum Gasteiger partial charge on any atom is 0.154 e. The first kappa shape index (κ1) is 17.2. The smallest absolute Gasteiger partial charge is 0.154 e. The normalized spacial score (nSPS) is 13.1. The Bertz CT molecular complexity index is 1000. The third-order valence-corrected chi connectivity index (χ3v) is 4.80. The monoisotopic (exact) mass is 354 g/mol. The standard InChI is InChI=1S/C23H22N4/c1-3-16-7-10-18(11-8-16)23-25-21-12-9-17(4-2)14-20(21)22(26-27-23)19-6-5-13-24-15-19/h5-15H,3-4H2,1-2H3,(H,25,27). The van der Waals surface area contributed by atoms with E-state index in [0.29, 0.717) is 0 Å².